The Morgan fingerprint density at radius 1 is 0.880 bits per heavy atom. The lowest BCUT2D eigenvalue weighted by Gasteiger charge is -2.10. The second kappa shape index (κ2) is 6.63. The smallest absolute Gasteiger partial charge is 0.214 e. The minimum absolute atomic E-state index is 0.700. The summed E-state index contributed by atoms with van der Waals surface area (Å²) in [5, 5.41) is 2.40. The predicted octanol–water partition coefficient (Wildman–Crippen LogP) is 3.68. The van der Waals surface area contributed by atoms with E-state index in [1.54, 1.807) is 14.2 Å². The van der Waals surface area contributed by atoms with Crippen LogP contribution >= 0.6 is 0 Å². The lowest BCUT2D eigenvalue weighted by atomic mass is 10.1. The molecule has 1 aromatic heterocycles. The maximum atomic E-state index is 6.20. The molecule has 1 aliphatic heterocycles. The molecule has 0 amide bonds. The normalized spacial score (nSPS) is 14.1. The van der Waals surface area contributed by atoms with Crippen LogP contribution in [0.2, 0.25) is 0 Å². The van der Waals surface area contributed by atoms with Crippen molar-refractivity contribution in [2.24, 2.45) is 0 Å². The Balaban J connectivity index is 1.96. The largest absolute Gasteiger partial charge is 0.493 e. The summed E-state index contributed by atoms with van der Waals surface area (Å²) in [7, 11) is 3.29. The van der Waals surface area contributed by atoms with E-state index in [0.717, 1.165) is 35.4 Å². The monoisotopic (exact) mass is 336 g/mol. The van der Waals surface area contributed by atoms with Crippen molar-refractivity contribution in [1.29, 1.82) is 0 Å². The van der Waals surface area contributed by atoms with Gasteiger partial charge in [-0.2, -0.15) is 0 Å². The SMILES string of the molecule is COc1ccc(-c2cc(=[N+]3CCCC3)c3ccccc3o2)cc1OC. The zero-order valence-corrected chi connectivity index (χ0v) is 14.6. The minimum atomic E-state index is 0.700. The van der Waals surface area contributed by atoms with Crippen LogP contribution in [0.25, 0.3) is 22.3 Å². The Hall–Kier alpha value is -2.75. The molecule has 4 heteroatoms. The number of para-hydroxylation sites is 1. The Morgan fingerprint density at radius 3 is 2.40 bits per heavy atom. The highest BCUT2D eigenvalue weighted by atomic mass is 16.5. The van der Waals surface area contributed by atoms with Crippen molar-refractivity contribution in [3.8, 4) is 22.8 Å². The van der Waals surface area contributed by atoms with E-state index in [2.05, 4.69) is 22.8 Å². The van der Waals surface area contributed by atoms with Crippen LogP contribution < -0.4 is 19.4 Å². The number of ether oxygens (including phenoxy) is 2. The van der Waals surface area contributed by atoms with Gasteiger partial charge < -0.3 is 13.9 Å². The van der Waals surface area contributed by atoms with Gasteiger partial charge in [0.1, 0.15) is 24.4 Å². The van der Waals surface area contributed by atoms with Crippen molar-refractivity contribution in [2.75, 3.05) is 27.3 Å². The summed E-state index contributed by atoms with van der Waals surface area (Å²) in [6, 6.07) is 16.3. The van der Waals surface area contributed by atoms with Gasteiger partial charge in [-0.25, -0.2) is 4.58 Å². The molecule has 25 heavy (non-hydrogen) atoms. The fraction of sp³-hybridized carbons (Fsp3) is 0.286. The fourth-order valence-electron chi connectivity index (χ4n) is 3.47. The average Bonchev–Trinajstić information content (AvgIpc) is 3.21. The molecule has 0 saturated carbocycles. The molecule has 3 aromatic rings. The third-order valence-electron chi connectivity index (χ3n) is 4.77. The molecule has 0 atom stereocenters. The number of hydrogen-bond donors (Lipinski definition) is 0. The first-order chi connectivity index (χ1) is 12.3. The van der Waals surface area contributed by atoms with Crippen molar-refractivity contribution in [1.82, 2.24) is 4.58 Å². The Labute approximate surface area is 146 Å². The van der Waals surface area contributed by atoms with E-state index < -0.39 is 0 Å². The number of methoxy groups -OCH3 is 2. The van der Waals surface area contributed by atoms with E-state index in [-0.39, 0.29) is 0 Å². The van der Waals surface area contributed by atoms with Crippen molar-refractivity contribution in [2.45, 2.75) is 12.8 Å². The van der Waals surface area contributed by atoms with E-state index >= 15 is 0 Å². The molecule has 0 spiro atoms. The van der Waals surface area contributed by atoms with Crippen LogP contribution in [0.15, 0.2) is 52.9 Å². The molecule has 1 aliphatic rings. The van der Waals surface area contributed by atoms with Gasteiger partial charge in [0.25, 0.3) is 0 Å². The molecule has 1 fully saturated rings. The summed E-state index contributed by atoms with van der Waals surface area (Å²) >= 11 is 0. The Morgan fingerprint density at radius 2 is 1.64 bits per heavy atom. The Bertz CT molecular complexity index is 980. The summed E-state index contributed by atoms with van der Waals surface area (Å²) in [4.78, 5) is 0. The highest BCUT2D eigenvalue weighted by molar-refractivity contribution is 5.78. The fourth-order valence-corrected chi connectivity index (χ4v) is 3.47. The maximum Gasteiger partial charge on any atom is 0.214 e. The zero-order chi connectivity index (χ0) is 17.2. The molecule has 2 aromatic carbocycles. The van der Waals surface area contributed by atoms with Gasteiger partial charge in [-0.1, -0.05) is 12.1 Å². The molecule has 0 aliphatic carbocycles. The third-order valence-corrected chi connectivity index (χ3v) is 4.77. The van der Waals surface area contributed by atoms with Gasteiger partial charge in [0.05, 0.1) is 25.7 Å². The van der Waals surface area contributed by atoms with E-state index in [4.69, 9.17) is 13.9 Å². The van der Waals surface area contributed by atoms with Crippen LogP contribution in [0, 0.1) is 0 Å². The summed E-state index contributed by atoms with van der Waals surface area (Å²) < 4.78 is 19.4. The molecule has 0 unspecified atom stereocenters. The molecular formula is C21H22NO3+. The first-order valence-corrected chi connectivity index (χ1v) is 8.63. The highest BCUT2D eigenvalue weighted by Crippen LogP contribution is 2.32. The third kappa shape index (κ3) is 2.88. The van der Waals surface area contributed by atoms with Crippen LogP contribution in [0.3, 0.4) is 0 Å². The zero-order valence-electron chi connectivity index (χ0n) is 14.6. The van der Waals surface area contributed by atoms with E-state index in [1.807, 2.05) is 30.3 Å². The van der Waals surface area contributed by atoms with Crippen molar-refractivity contribution in [3.63, 3.8) is 0 Å². The highest BCUT2D eigenvalue weighted by Gasteiger charge is 2.18. The first kappa shape index (κ1) is 15.8. The maximum absolute atomic E-state index is 6.20. The van der Waals surface area contributed by atoms with Crippen LogP contribution in [-0.4, -0.2) is 27.3 Å². The molecular weight excluding hydrogens is 314 g/mol. The molecule has 0 N–H and O–H groups in total. The van der Waals surface area contributed by atoms with Crippen LogP contribution in [-0.2, 0) is 0 Å². The quantitative estimate of drug-likeness (QED) is 0.684. The van der Waals surface area contributed by atoms with Gasteiger partial charge in [-0.3, -0.25) is 0 Å². The van der Waals surface area contributed by atoms with Crippen molar-refractivity contribution >= 4 is 11.0 Å². The minimum Gasteiger partial charge on any atom is -0.493 e. The average molecular weight is 336 g/mol. The molecule has 0 bridgehead atoms. The van der Waals surface area contributed by atoms with Crippen molar-refractivity contribution in [3.05, 3.63) is 53.9 Å². The van der Waals surface area contributed by atoms with Gasteiger partial charge in [0, 0.05) is 18.4 Å². The molecule has 1 saturated heterocycles. The van der Waals surface area contributed by atoms with Gasteiger partial charge in [0.15, 0.2) is 11.5 Å². The summed E-state index contributed by atoms with van der Waals surface area (Å²) in [5.41, 5.74) is 1.88. The van der Waals surface area contributed by atoms with Gasteiger partial charge in [0.2, 0.25) is 5.36 Å². The van der Waals surface area contributed by atoms with E-state index in [1.165, 1.54) is 18.2 Å². The molecule has 128 valence electrons. The lowest BCUT2D eigenvalue weighted by Crippen LogP contribution is -2.27. The van der Waals surface area contributed by atoms with E-state index in [0.29, 0.717) is 11.5 Å². The van der Waals surface area contributed by atoms with Crippen LogP contribution in [0.1, 0.15) is 12.8 Å². The number of rotatable bonds is 3. The molecule has 4 rings (SSSR count). The van der Waals surface area contributed by atoms with Crippen LogP contribution in [0.5, 0.6) is 11.5 Å². The second-order valence-electron chi connectivity index (χ2n) is 6.26. The number of nitrogens with zero attached hydrogens (tertiary/aromatic N) is 1. The van der Waals surface area contributed by atoms with Gasteiger partial charge >= 0.3 is 0 Å². The van der Waals surface area contributed by atoms with Gasteiger partial charge in [-0.15, -0.1) is 0 Å². The van der Waals surface area contributed by atoms with Crippen LogP contribution in [0.4, 0.5) is 0 Å². The summed E-state index contributed by atoms with van der Waals surface area (Å²) in [5.74, 6) is 2.25. The van der Waals surface area contributed by atoms with Gasteiger partial charge in [-0.05, 0) is 30.3 Å². The number of benzene rings is 2. The van der Waals surface area contributed by atoms with Crippen molar-refractivity contribution < 1.29 is 13.9 Å². The topological polar surface area (TPSA) is 34.6 Å². The van der Waals surface area contributed by atoms with E-state index in [9.17, 15) is 0 Å². The molecule has 2 heterocycles. The first-order valence-electron chi connectivity index (χ1n) is 8.63. The number of fused-ring (bicyclic) bond motifs is 1. The summed E-state index contributed by atoms with van der Waals surface area (Å²) in [6.07, 6.45) is 2.48. The summed E-state index contributed by atoms with van der Waals surface area (Å²) in [6.45, 7) is 2.19. The molecule has 4 nitrogen and oxygen atoms in total. The molecule has 0 radical (unpaired) electrons. The number of hydrogen-bond acceptors (Lipinski definition) is 3. The Kier molecular flexibility index (Phi) is 4.18. The lowest BCUT2D eigenvalue weighted by molar-refractivity contribution is 0.355. The predicted molar refractivity (Wildman–Crippen MR) is 99.0 cm³/mol. The second-order valence-corrected chi connectivity index (χ2v) is 6.26. The standard InChI is InChI=1S/C21H22NO3/c1-23-19-10-9-15(13-21(19)24-2)20-14-17(22-11-5-6-12-22)16-7-3-4-8-18(16)25-20/h3-4,7-10,13-14H,5-6,11-12H2,1-2H3/q+1.